The van der Waals surface area contributed by atoms with Crippen LogP contribution in [0.4, 0.5) is 0 Å². The molecule has 1 N–H and O–H groups in total. The Morgan fingerprint density at radius 2 is 2.54 bits per heavy atom. The van der Waals surface area contributed by atoms with Gasteiger partial charge in [0, 0.05) is 19.0 Å². The predicted molar refractivity (Wildman–Crippen MR) is 48.9 cm³/mol. The maximum absolute atomic E-state index is 10.9. The van der Waals surface area contributed by atoms with Crippen molar-refractivity contribution >= 4 is 5.91 Å². The molecule has 1 aliphatic rings. The summed E-state index contributed by atoms with van der Waals surface area (Å²) in [5.41, 5.74) is 0. The van der Waals surface area contributed by atoms with Gasteiger partial charge >= 0.3 is 0 Å². The van der Waals surface area contributed by atoms with Gasteiger partial charge in [-0.15, -0.1) is 0 Å². The van der Waals surface area contributed by atoms with Crippen LogP contribution < -0.4 is 5.32 Å². The number of nitriles is 1. The van der Waals surface area contributed by atoms with Crippen LogP contribution in [0.15, 0.2) is 0 Å². The highest BCUT2D eigenvalue weighted by Gasteiger charge is 2.23. The zero-order valence-electron chi connectivity index (χ0n) is 8.08. The molecule has 1 fully saturated rings. The van der Waals surface area contributed by atoms with E-state index < -0.39 is 0 Å². The molecule has 4 heteroatoms. The second-order valence-electron chi connectivity index (χ2n) is 3.55. The first-order chi connectivity index (χ1) is 6.13. The molecule has 0 aromatic rings. The summed E-state index contributed by atoms with van der Waals surface area (Å²) in [5, 5.41) is 11.5. The number of hydrogen-bond acceptors (Lipinski definition) is 3. The Hall–Kier alpha value is -1.08. The van der Waals surface area contributed by atoms with Crippen LogP contribution in [0, 0.1) is 11.3 Å². The largest absolute Gasteiger partial charge is 0.352 e. The Balaban J connectivity index is 2.33. The van der Waals surface area contributed by atoms with Gasteiger partial charge in [0.2, 0.25) is 5.91 Å². The lowest BCUT2D eigenvalue weighted by molar-refractivity contribution is -0.119. The second-order valence-corrected chi connectivity index (χ2v) is 3.55. The third kappa shape index (κ3) is 2.71. The summed E-state index contributed by atoms with van der Waals surface area (Å²) in [7, 11) is 1.90. The van der Waals surface area contributed by atoms with Gasteiger partial charge in [-0.1, -0.05) is 0 Å². The van der Waals surface area contributed by atoms with Gasteiger partial charge in [0.1, 0.15) is 0 Å². The number of nitrogens with zero attached hydrogens (tertiary/aromatic N) is 2. The van der Waals surface area contributed by atoms with Crippen molar-refractivity contribution in [2.45, 2.75) is 31.8 Å². The van der Waals surface area contributed by atoms with Crippen molar-refractivity contribution in [3.63, 3.8) is 0 Å². The third-order valence-corrected chi connectivity index (χ3v) is 2.44. The van der Waals surface area contributed by atoms with Gasteiger partial charge in [-0.05, 0) is 20.4 Å². The van der Waals surface area contributed by atoms with E-state index in [2.05, 4.69) is 11.4 Å². The number of hydrogen-bond donors (Lipinski definition) is 1. The minimum Gasteiger partial charge on any atom is -0.352 e. The minimum absolute atomic E-state index is 0.0856. The predicted octanol–water partition coefficient (Wildman–Crippen LogP) is 0.109. The number of likely N-dealkylation sites (N-methyl/N-ethyl adjacent to an activating group) is 1. The Morgan fingerprint density at radius 1 is 1.85 bits per heavy atom. The van der Waals surface area contributed by atoms with Crippen LogP contribution in [0.2, 0.25) is 0 Å². The molecule has 1 amide bonds. The van der Waals surface area contributed by atoms with Crippen molar-refractivity contribution in [2.24, 2.45) is 0 Å². The van der Waals surface area contributed by atoms with E-state index >= 15 is 0 Å². The summed E-state index contributed by atoms with van der Waals surface area (Å²) in [4.78, 5) is 12.8. The fraction of sp³-hybridized carbons (Fsp3) is 0.778. The molecule has 0 aromatic carbocycles. The van der Waals surface area contributed by atoms with Crippen LogP contribution in [0.3, 0.4) is 0 Å². The normalized spacial score (nSPS) is 24.2. The zero-order chi connectivity index (χ0) is 9.84. The summed E-state index contributed by atoms with van der Waals surface area (Å²) >= 11 is 0. The molecule has 1 rings (SSSR count). The van der Waals surface area contributed by atoms with Gasteiger partial charge in [-0.3, -0.25) is 9.69 Å². The topological polar surface area (TPSA) is 56.1 Å². The molecule has 0 saturated carbocycles. The SMILES string of the molecule is CC(C#N)N(C)CC1CCC(=O)N1. The molecule has 0 bridgehead atoms. The van der Waals surface area contributed by atoms with E-state index in [4.69, 9.17) is 5.26 Å². The molecule has 0 aromatic heterocycles. The van der Waals surface area contributed by atoms with E-state index in [1.54, 1.807) is 0 Å². The van der Waals surface area contributed by atoms with Crippen molar-refractivity contribution in [2.75, 3.05) is 13.6 Å². The molecule has 2 unspecified atom stereocenters. The van der Waals surface area contributed by atoms with Crippen LogP contribution in [-0.2, 0) is 4.79 Å². The molecule has 0 radical (unpaired) electrons. The van der Waals surface area contributed by atoms with E-state index in [-0.39, 0.29) is 18.0 Å². The average molecular weight is 181 g/mol. The molecule has 4 nitrogen and oxygen atoms in total. The van der Waals surface area contributed by atoms with Crippen LogP contribution in [0.1, 0.15) is 19.8 Å². The number of carbonyl (C=O) groups is 1. The van der Waals surface area contributed by atoms with Gasteiger partial charge in [0.05, 0.1) is 12.1 Å². The summed E-state index contributed by atoms with van der Waals surface area (Å²) in [6, 6.07) is 2.31. The Labute approximate surface area is 78.5 Å². The van der Waals surface area contributed by atoms with Gasteiger partial charge in [-0.2, -0.15) is 5.26 Å². The Kier molecular flexibility index (Phi) is 3.26. The maximum Gasteiger partial charge on any atom is 0.220 e. The molecule has 1 saturated heterocycles. The molecule has 1 aliphatic heterocycles. The molecule has 72 valence electrons. The van der Waals surface area contributed by atoms with Gasteiger partial charge in [0.25, 0.3) is 0 Å². The maximum atomic E-state index is 10.9. The first-order valence-corrected chi connectivity index (χ1v) is 4.52. The fourth-order valence-corrected chi connectivity index (χ4v) is 1.42. The summed E-state index contributed by atoms with van der Waals surface area (Å²) < 4.78 is 0. The summed E-state index contributed by atoms with van der Waals surface area (Å²) in [6.07, 6.45) is 1.51. The van der Waals surface area contributed by atoms with Crippen LogP contribution >= 0.6 is 0 Å². The third-order valence-electron chi connectivity index (χ3n) is 2.44. The van der Waals surface area contributed by atoms with E-state index in [1.165, 1.54) is 0 Å². The number of carbonyl (C=O) groups excluding carboxylic acids is 1. The Bertz CT molecular complexity index is 234. The molecular formula is C9H15N3O. The lowest BCUT2D eigenvalue weighted by Gasteiger charge is -2.22. The monoisotopic (exact) mass is 181 g/mol. The molecule has 2 atom stereocenters. The molecule has 13 heavy (non-hydrogen) atoms. The van der Waals surface area contributed by atoms with Crippen molar-refractivity contribution in [1.82, 2.24) is 10.2 Å². The van der Waals surface area contributed by atoms with E-state index in [9.17, 15) is 4.79 Å². The molecule has 1 heterocycles. The van der Waals surface area contributed by atoms with Crippen molar-refractivity contribution in [3.05, 3.63) is 0 Å². The lowest BCUT2D eigenvalue weighted by Crippen LogP contribution is -2.40. The summed E-state index contributed by atoms with van der Waals surface area (Å²) in [6.45, 7) is 2.62. The van der Waals surface area contributed by atoms with E-state index in [0.29, 0.717) is 6.42 Å². The first kappa shape index (κ1) is 10.0. The molecule has 0 spiro atoms. The van der Waals surface area contributed by atoms with Crippen molar-refractivity contribution in [1.29, 1.82) is 5.26 Å². The number of nitrogens with one attached hydrogen (secondary N) is 1. The van der Waals surface area contributed by atoms with Gasteiger partial charge in [-0.25, -0.2) is 0 Å². The van der Waals surface area contributed by atoms with Crippen LogP contribution in [0.25, 0.3) is 0 Å². The van der Waals surface area contributed by atoms with Crippen LogP contribution in [-0.4, -0.2) is 36.5 Å². The first-order valence-electron chi connectivity index (χ1n) is 4.52. The second kappa shape index (κ2) is 4.24. The highest BCUT2D eigenvalue weighted by molar-refractivity contribution is 5.78. The number of amides is 1. The highest BCUT2D eigenvalue weighted by atomic mass is 16.1. The van der Waals surface area contributed by atoms with E-state index in [1.807, 2.05) is 18.9 Å². The summed E-state index contributed by atoms with van der Waals surface area (Å²) in [5.74, 6) is 0.128. The van der Waals surface area contributed by atoms with Gasteiger partial charge < -0.3 is 5.32 Å². The fourth-order valence-electron chi connectivity index (χ4n) is 1.42. The highest BCUT2D eigenvalue weighted by Crippen LogP contribution is 2.08. The minimum atomic E-state index is -0.0856. The standard InChI is InChI=1S/C9H15N3O/c1-7(5-10)12(2)6-8-3-4-9(13)11-8/h7-8H,3-4,6H2,1-2H3,(H,11,13). The smallest absolute Gasteiger partial charge is 0.220 e. The zero-order valence-corrected chi connectivity index (χ0v) is 8.08. The van der Waals surface area contributed by atoms with Crippen molar-refractivity contribution < 1.29 is 4.79 Å². The lowest BCUT2D eigenvalue weighted by atomic mass is 10.2. The van der Waals surface area contributed by atoms with Gasteiger partial charge in [0.15, 0.2) is 0 Å². The van der Waals surface area contributed by atoms with Crippen molar-refractivity contribution in [3.8, 4) is 6.07 Å². The molecular weight excluding hydrogens is 166 g/mol. The van der Waals surface area contributed by atoms with Crippen LogP contribution in [0.5, 0.6) is 0 Å². The Morgan fingerprint density at radius 3 is 3.00 bits per heavy atom. The average Bonchev–Trinajstić information content (AvgIpc) is 2.49. The number of rotatable bonds is 3. The molecule has 0 aliphatic carbocycles. The van der Waals surface area contributed by atoms with E-state index in [0.717, 1.165) is 13.0 Å². The quantitative estimate of drug-likeness (QED) is 0.672.